The molecule has 0 aliphatic heterocycles. The number of nitrogens with zero attached hydrogens (tertiary/aromatic N) is 4. The van der Waals surface area contributed by atoms with E-state index in [-0.39, 0.29) is 12.6 Å². The largest absolute Gasteiger partial charge is 0.459 e. The zero-order valence-corrected chi connectivity index (χ0v) is 10.9. The number of carbonyl (C=O) groups excluding carboxylic acids is 1. The number of carbonyl (C=O) groups is 1. The number of benzene rings is 1. The predicted molar refractivity (Wildman–Crippen MR) is 70.0 cm³/mol. The van der Waals surface area contributed by atoms with Crippen LogP contribution in [0.15, 0.2) is 29.9 Å². The Kier molecular flexibility index (Phi) is 2.96. The molecule has 96 valence electrons. The summed E-state index contributed by atoms with van der Waals surface area (Å²) in [5, 5.41) is 7.96. The molecule has 2 heterocycles. The van der Waals surface area contributed by atoms with Crippen molar-refractivity contribution in [3.8, 4) is 5.69 Å². The molecule has 0 aliphatic carbocycles. The molecule has 0 N–H and O–H groups in total. The smallest absolute Gasteiger partial charge is 0.303 e. The summed E-state index contributed by atoms with van der Waals surface area (Å²) in [6, 6.07) is 5.89. The van der Waals surface area contributed by atoms with Crippen molar-refractivity contribution >= 4 is 27.5 Å². The molecule has 3 rings (SSSR count). The minimum Gasteiger partial charge on any atom is -0.459 e. The molecule has 0 fully saturated rings. The molecule has 0 amide bonds. The van der Waals surface area contributed by atoms with Crippen molar-refractivity contribution in [1.82, 2.24) is 20.0 Å². The number of ether oxygens (including phenoxy) is 1. The second-order valence-electron chi connectivity index (χ2n) is 3.94. The van der Waals surface area contributed by atoms with Gasteiger partial charge in [-0.1, -0.05) is 5.21 Å². The first-order valence-corrected chi connectivity index (χ1v) is 6.48. The van der Waals surface area contributed by atoms with Crippen molar-refractivity contribution in [2.75, 3.05) is 0 Å². The second kappa shape index (κ2) is 4.77. The molecule has 6 nitrogen and oxygen atoms in total. The van der Waals surface area contributed by atoms with Crippen molar-refractivity contribution < 1.29 is 9.53 Å². The molecule has 0 aliphatic rings. The van der Waals surface area contributed by atoms with E-state index in [0.717, 1.165) is 15.9 Å². The third kappa shape index (κ3) is 2.45. The Morgan fingerprint density at radius 2 is 2.37 bits per heavy atom. The third-order valence-corrected chi connectivity index (χ3v) is 3.35. The fourth-order valence-corrected chi connectivity index (χ4v) is 2.31. The summed E-state index contributed by atoms with van der Waals surface area (Å²) in [6.45, 7) is 1.49. The molecule has 0 unspecified atom stereocenters. The normalized spacial score (nSPS) is 10.8. The molecule has 19 heavy (non-hydrogen) atoms. The number of esters is 1. The van der Waals surface area contributed by atoms with Crippen LogP contribution in [0.25, 0.3) is 15.9 Å². The number of aromatic nitrogens is 4. The standard InChI is InChI=1S/C12H10N4O2S/c1-8(17)18-6-9-5-16(15-14-9)10-2-3-12-11(4-10)13-7-19-12/h2-5,7H,6H2,1H3. The summed E-state index contributed by atoms with van der Waals surface area (Å²) in [6.07, 6.45) is 1.73. The van der Waals surface area contributed by atoms with E-state index in [4.69, 9.17) is 4.74 Å². The molecular weight excluding hydrogens is 264 g/mol. The van der Waals surface area contributed by atoms with Crippen molar-refractivity contribution in [2.24, 2.45) is 0 Å². The lowest BCUT2D eigenvalue weighted by Gasteiger charge is -1.99. The molecule has 3 aromatic rings. The minimum absolute atomic E-state index is 0.133. The Balaban J connectivity index is 1.86. The quantitative estimate of drug-likeness (QED) is 0.683. The average Bonchev–Trinajstić information content (AvgIpc) is 3.04. The van der Waals surface area contributed by atoms with Gasteiger partial charge in [-0.2, -0.15) is 0 Å². The first-order valence-electron chi connectivity index (χ1n) is 5.60. The van der Waals surface area contributed by atoms with Crippen molar-refractivity contribution in [3.63, 3.8) is 0 Å². The molecule has 2 aromatic heterocycles. The van der Waals surface area contributed by atoms with Gasteiger partial charge < -0.3 is 4.74 Å². The van der Waals surface area contributed by atoms with Gasteiger partial charge in [0.05, 0.1) is 27.6 Å². The lowest BCUT2D eigenvalue weighted by molar-refractivity contribution is -0.142. The van der Waals surface area contributed by atoms with Crippen LogP contribution in [-0.2, 0) is 16.1 Å². The van der Waals surface area contributed by atoms with Crippen molar-refractivity contribution in [2.45, 2.75) is 13.5 Å². The summed E-state index contributed by atoms with van der Waals surface area (Å²) < 4.78 is 7.63. The van der Waals surface area contributed by atoms with Gasteiger partial charge in [-0.3, -0.25) is 4.79 Å². The molecular formula is C12H10N4O2S. The van der Waals surface area contributed by atoms with E-state index in [1.165, 1.54) is 6.92 Å². The maximum absolute atomic E-state index is 10.7. The Bertz CT molecular complexity index is 734. The van der Waals surface area contributed by atoms with Gasteiger partial charge in [0.15, 0.2) is 0 Å². The molecule has 0 atom stereocenters. The molecule has 0 saturated heterocycles. The van der Waals surface area contributed by atoms with Crippen LogP contribution in [0.3, 0.4) is 0 Å². The summed E-state index contributed by atoms with van der Waals surface area (Å²) >= 11 is 1.59. The van der Waals surface area contributed by atoms with Crippen LogP contribution < -0.4 is 0 Å². The lowest BCUT2D eigenvalue weighted by atomic mass is 10.3. The maximum Gasteiger partial charge on any atom is 0.303 e. The lowest BCUT2D eigenvalue weighted by Crippen LogP contribution is -1.98. The van der Waals surface area contributed by atoms with E-state index < -0.39 is 0 Å². The van der Waals surface area contributed by atoms with Crippen LogP contribution >= 0.6 is 11.3 Å². The fourth-order valence-electron chi connectivity index (χ4n) is 1.66. The number of hydrogen-bond acceptors (Lipinski definition) is 6. The molecule has 0 bridgehead atoms. The Hall–Kier alpha value is -2.28. The predicted octanol–water partition coefficient (Wildman–Crippen LogP) is 1.94. The minimum atomic E-state index is -0.335. The van der Waals surface area contributed by atoms with Gasteiger partial charge in [-0.25, -0.2) is 9.67 Å². The van der Waals surface area contributed by atoms with Gasteiger partial charge in [0.2, 0.25) is 0 Å². The zero-order chi connectivity index (χ0) is 13.2. The van der Waals surface area contributed by atoms with E-state index in [0.29, 0.717) is 5.69 Å². The molecule has 0 spiro atoms. The summed E-state index contributed by atoms with van der Waals surface area (Å²) in [5.74, 6) is -0.335. The molecule has 0 saturated carbocycles. The van der Waals surface area contributed by atoms with Crippen LogP contribution in [0.2, 0.25) is 0 Å². The highest BCUT2D eigenvalue weighted by Crippen LogP contribution is 2.20. The SMILES string of the molecule is CC(=O)OCc1cn(-c2ccc3scnc3c2)nn1. The fraction of sp³-hybridized carbons (Fsp3) is 0.167. The summed E-state index contributed by atoms with van der Waals surface area (Å²) in [4.78, 5) is 15.0. The van der Waals surface area contributed by atoms with E-state index in [9.17, 15) is 4.79 Å². The van der Waals surface area contributed by atoms with Gasteiger partial charge in [-0.05, 0) is 18.2 Å². The van der Waals surface area contributed by atoms with E-state index in [2.05, 4.69) is 15.3 Å². The maximum atomic E-state index is 10.7. The molecule has 1 aromatic carbocycles. The number of fused-ring (bicyclic) bond motifs is 1. The highest BCUT2D eigenvalue weighted by atomic mass is 32.1. The Morgan fingerprint density at radius 3 is 3.21 bits per heavy atom. The highest BCUT2D eigenvalue weighted by molar-refractivity contribution is 7.16. The third-order valence-electron chi connectivity index (χ3n) is 2.54. The average molecular weight is 274 g/mol. The van der Waals surface area contributed by atoms with Crippen LogP contribution in [0, 0.1) is 0 Å². The van der Waals surface area contributed by atoms with Crippen LogP contribution in [0.1, 0.15) is 12.6 Å². The Labute approximate surface area is 112 Å². The molecule has 7 heteroatoms. The van der Waals surface area contributed by atoms with E-state index in [1.807, 2.05) is 23.7 Å². The second-order valence-corrected chi connectivity index (χ2v) is 4.83. The van der Waals surface area contributed by atoms with E-state index >= 15 is 0 Å². The monoisotopic (exact) mass is 274 g/mol. The van der Waals surface area contributed by atoms with Crippen molar-refractivity contribution in [1.29, 1.82) is 0 Å². The topological polar surface area (TPSA) is 69.9 Å². The van der Waals surface area contributed by atoms with Gasteiger partial charge >= 0.3 is 5.97 Å². The number of hydrogen-bond donors (Lipinski definition) is 0. The van der Waals surface area contributed by atoms with Crippen LogP contribution in [0.5, 0.6) is 0 Å². The van der Waals surface area contributed by atoms with Gasteiger partial charge in [0, 0.05) is 6.92 Å². The van der Waals surface area contributed by atoms with Crippen molar-refractivity contribution in [3.05, 3.63) is 35.6 Å². The van der Waals surface area contributed by atoms with Gasteiger partial charge in [0.1, 0.15) is 12.3 Å². The zero-order valence-electron chi connectivity index (χ0n) is 10.1. The van der Waals surface area contributed by atoms with Crippen LogP contribution in [0.4, 0.5) is 0 Å². The first kappa shape index (κ1) is 11.8. The highest BCUT2D eigenvalue weighted by Gasteiger charge is 2.06. The molecule has 0 radical (unpaired) electrons. The Morgan fingerprint density at radius 1 is 1.47 bits per heavy atom. The summed E-state index contributed by atoms with van der Waals surface area (Å²) in [7, 11) is 0. The van der Waals surface area contributed by atoms with Crippen LogP contribution in [-0.4, -0.2) is 25.9 Å². The summed E-state index contributed by atoms with van der Waals surface area (Å²) in [5.41, 5.74) is 4.22. The number of rotatable bonds is 3. The van der Waals surface area contributed by atoms with Gasteiger partial charge in [-0.15, -0.1) is 16.4 Å². The number of thiazole rings is 1. The van der Waals surface area contributed by atoms with E-state index in [1.54, 1.807) is 22.2 Å². The van der Waals surface area contributed by atoms with Gasteiger partial charge in [0.25, 0.3) is 0 Å². The first-order chi connectivity index (χ1) is 9.22.